The van der Waals surface area contributed by atoms with Gasteiger partial charge in [-0.1, -0.05) is 6.92 Å². The summed E-state index contributed by atoms with van der Waals surface area (Å²) in [5, 5.41) is 0. The lowest BCUT2D eigenvalue weighted by Gasteiger charge is -2.34. The molecular formula is C11H15BrN2O2. The molecule has 2 heterocycles. The Labute approximate surface area is 103 Å². The lowest BCUT2D eigenvalue weighted by molar-refractivity contribution is 0.0627. The fourth-order valence-electron chi connectivity index (χ4n) is 2.15. The quantitative estimate of drug-likeness (QED) is 0.857. The number of nitrogens with zero attached hydrogens (tertiary/aromatic N) is 1. The highest BCUT2D eigenvalue weighted by molar-refractivity contribution is 9.10. The highest BCUT2D eigenvalue weighted by Crippen LogP contribution is 2.20. The first-order chi connectivity index (χ1) is 7.56. The van der Waals surface area contributed by atoms with Crippen LogP contribution >= 0.6 is 15.9 Å². The molecule has 2 rings (SSSR count). The number of furan rings is 1. The number of piperidine rings is 1. The van der Waals surface area contributed by atoms with Gasteiger partial charge in [0.2, 0.25) is 0 Å². The lowest BCUT2D eigenvalue weighted by atomic mass is 9.96. The van der Waals surface area contributed by atoms with Crippen LogP contribution in [0.25, 0.3) is 0 Å². The van der Waals surface area contributed by atoms with Crippen LogP contribution < -0.4 is 5.73 Å². The van der Waals surface area contributed by atoms with Crippen molar-refractivity contribution >= 4 is 21.8 Å². The molecule has 0 spiro atoms. The number of carbonyl (C=O) groups excluding carboxylic acids is 1. The summed E-state index contributed by atoms with van der Waals surface area (Å²) in [6.45, 7) is 3.48. The van der Waals surface area contributed by atoms with Crippen molar-refractivity contribution < 1.29 is 9.21 Å². The van der Waals surface area contributed by atoms with Gasteiger partial charge in [0.15, 0.2) is 10.4 Å². The molecule has 16 heavy (non-hydrogen) atoms. The number of carbonyl (C=O) groups is 1. The molecule has 0 radical (unpaired) electrons. The summed E-state index contributed by atoms with van der Waals surface area (Å²) in [6.07, 6.45) is 0.978. The summed E-state index contributed by atoms with van der Waals surface area (Å²) in [4.78, 5) is 13.8. The standard InChI is InChI=1S/C11H15BrN2O2/c1-7-4-8(13)6-14(5-7)11(15)9-2-3-10(12)16-9/h2-3,7-8H,4-6,13H2,1H3. The highest BCUT2D eigenvalue weighted by Gasteiger charge is 2.27. The van der Waals surface area contributed by atoms with Gasteiger partial charge < -0.3 is 15.1 Å². The first-order valence-electron chi connectivity index (χ1n) is 5.36. The van der Waals surface area contributed by atoms with Gasteiger partial charge in [-0.15, -0.1) is 0 Å². The third-order valence-electron chi connectivity index (χ3n) is 2.76. The van der Waals surface area contributed by atoms with Crippen molar-refractivity contribution in [3.05, 3.63) is 22.6 Å². The van der Waals surface area contributed by atoms with E-state index in [4.69, 9.17) is 10.2 Å². The maximum atomic E-state index is 12.1. The van der Waals surface area contributed by atoms with E-state index in [1.807, 2.05) is 0 Å². The van der Waals surface area contributed by atoms with Crippen molar-refractivity contribution in [1.29, 1.82) is 0 Å². The molecule has 0 aromatic carbocycles. The highest BCUT2D eigenvalue weighted by atomic mass is 79.9. The number of likely N-dealkylation sites (tertiary alicyclic amines) is 1. The minimum Gasteiger partial charge on any atom is -0.444 e. The van der Waals surface area contributed by atoms with Gasteiger partial charge in [0, 0.05) is 19.1 Å². The molecule has 0 bridgehead atoms. The Morgan fingerprint density at radius 3 is 2.88 bits per heavy atom. The molecule has 4 nitrogen and oxygen atoms in total. The monoisotopic (exact) mass is 286 g/mol. The SMILES string of the molecule is CC1CC(N)CN(C(=O)c2ccc(Br)o2)C1. The van der Waals surface area contributed by atoms with Gasteiger partial charge in [-0.25, -0.2) is 0 Å². The van der Waals surface area contributed by atoms with E-state index in [1.165, 1.54) is 0 Å². The molecule has 0 aliphatic carbocycles. The third-order valence-corrected chi connectivity index (χ3v) is 3.19. The Kier molecular flexibility index (Phi) is 3.35. The first-order valence-corrected chi connectivity index (χ1v) is 6.15. The fraction of sp³-hybridized carbons (Fsp3) is 0.545. The van der Waals surface area contributed by atoms with E-state index in [2.05, 4.69) is 22.9 Å². The van der Waals surface area contributed by atoms with Gasteiger partial charge in [0.1, 0.15) is 0 Å². The van der Waals surface area contributed by atoms with Gasteiger partial charge >= 0.3 is 0 Å². The van der Waals surface area contributed by atoms with Crippen molar-refractivity contribution in [2.75, 3.05) is 13.1 Å². The maximum Gasteiger partial charge on any atom is 0.289 e. The molecule has 88 valence electrons. The summed E-state index contributed by atoms with van der Waals surface area (Å²) >= 11 is 3.19. The van der Waals surface area contributed by atoms with Crippen LogP contribution in [0.2, 0.25) is 0 Å². The van der Waals surface area contributed by atoms with Gasteiger partial charge in [-0.05, 0) is 40.4 Å². The summed E-state index contributed by atoms with van der Waals surface area (Å²) in [6, 6.07) is 3.48. The minimum absolute atomic E-state index is 0.0751. The zero-order chi connectivity index (χ0) is 11.7. The van der Waals surface area contributed by atoms with E-state index >= 15 is 0 Å². The van der Waals surface area contributed by atoms with E-state index in [9.17, 15) is 4.79 Å². The Morgan fingerprint density at radius 2 is 2.31 bits per heavy atom. The van der Waals surface area contributed by atoms with E-state index in [0.29, 0.717) is 22.9 Å². The summed E-state index contributed by atoms with van der Waals surface area (Å²) in [7, 11) is 0. The lowest BCUT2D eigenvalue weighted by Crippen LogP contribution is -2.48. The van der Waals surface area contributed by atoms with Gasteiger partial charge in [0.25, 0.3) is 5.91 Å². The Bertz CT molecular complexity index is 381. The molecule has 1 amide bonds. The second-order valence-corrected chi connectivity index (χ2v) is 5.20. The molecule has 1 aliphatic rings. The molecule has 2 N–H and O–H groups in total. The smallest absolute Gasteiger partial charge is 0.289 e. The molecule has 2 unspecified atom stereocenters. The van der Waals surface area contributed by atoms with Gasteiger partial charge in [0.05, 0.1) is 0 Å². The number of amides is 1. The number of hydrogen-bond donors (Lipinski definition) is 1. The number of rotatable bonds is 1. The van der Waals surface area contributed by atoms with Gasteiger partial charge in [-0.2, -0.15) is 0 Å². The van der Waals surface area contributed by atoms with Crippen molar-refractivity contribution in [2.45, 2.75) is 19.4 Å². The van der Waals surface area contributed by atoms with Gasteiger partial charge in [-0.3, -0.25) is 4.79 Å². The molecule has 1 saturated heterocycles. The third kappa shape index (κ3) is 2.47. The molecule has 1 aromatic heterocycles. The zero-order valence-electron chi connectivity index (χ0n) is 9.15. The van der Waals surface area contributed by atoms with E-state index in [-0.39, 0.29) is 11.9 Å². The average Bonchev–Trinajstić information content (AvgIpc) is 2.62. The predicted molar refractivity (Wildman–Crippen MR) is 64.1 cm³/mol. The molecular weight excluding hydrogens is 272 g/mol. The van der Waals surface area contributed by atoms with Crippen LogP contribution in [0.4, 0.5) is 0 Å². The average molecular weight is 287 g/mol. The van der Waals surface area contributed by atoms with Crippen molar-refractivity contribution in [3.8, 4) is 0 Å². The Hall–Kier alpha value is -0.810. The second-order valence-electron chi connectivity index (χ2n) is 4.41. The normalized spacial score (nSPS) is 25.8. The topological polar surface area (TPSA) is 59.5 Å². The summed E-state index contributed by atoms with van der Waals surface area (Å²) in [5.41, 5.74) is 5.90. The fourth-order valence-corrected chi connectivity index (χ4v) is 2.46. The molecule has 0 saturated carbocycles. The van der Waals surface area contributed by atoms with Crippen LogP contribution in [0, 0.1) is 5.92 Å². The van der Waals surface area contributed by atoms with Crippen LogP contribution in [0.3, 0.4) is 0 Å². The van der Waals surface area contributed by atoms with Crippen molar-refractivity contribution in [3.63, 3.8) is 0 Å². The van der Waals surface area contributed by atoms with Crippen LogP contribution in [-0.2, 0) is 0 Å². The van der Waals surface area contributed by atoms with E-state index in [0.717, 1.165) is 13.0 Å². The molecule has 5 heteroatoms. The summed E-state index contributed by atoms with van der Waals surface area (Å²) < 4.78 is 5.83. The molecule has 1 aliphatic heterocycles. The van der Waals surface area contributed by atoms with Crippen LogP contribution in [-0.4, -0.2) is 29.9 Å². The Balaban J connectivity index is 2.09. The number of halogens is 1. The van der Waals surface area contributed by atoms with E-state index in [1.54, 1.807) is 17.0 Å². The van der Waals surface area contributed by atoms with Crippen molar-refractivity contribution in [1.82, 2.24) is 4.90 Å². The Morgan fingerprint density at radius 1 is 1.56 bits per heavy atom. The van der Waals surface area contributed by atoms with E-state index < -0.39 is 0 Å². The molecule has 2 atom stereocenters. The summed E-state index contributed by atoms with van der Waals surface area (Å²) in [5.74, 6) is 0.743. The van der Waals surface area contributed by atoms with Crippen LogP contribution in [0.15, 0.2) is 21.2 Å². The van der Waals surface area contributed by atoms with Crippen LogP contribution in [0.1, 0.15) is 23.9 Å². The molecule has 1 aromatic rings. The number of nitrogens with two attached hydrogens (primary N) is 1. The molecule has 1 fully saturated rings. The minimum atomic E-state index is -0.0762. The number of hydrogen-bond acceptors (Lipinski definition) is 3. The maximum absolute atomic E-state index is 12.1. The second kappa shape index (κ2) is 4.59. The first kappa shape index (κ1) is 11.7. The van der Waals surface area contributed by atoms with Crippen molar-refractivity contribution in [2.24, 2.45) is 11.7 Å². The zero-order valence-corrected chi connectivity index (χ0v) is 10.7. The predicted octanol–water partition coefficient (Wildman–Crippen LogP) is 1.85. The largest absolute Gasteiger partial charge is 0.444 e. The van der Waals surface area contributed by atoms with Crippen LogP contribution in [0.5, 0.6) is 0 Å².